The number of benzene rings is 1. The highest BCUT2D eigenvalue weighted by atomic mass is 19.1. The summed E-state index contributed by atoms with van der Waals surface area (Å²) in [6.45, 7) is 4.22. The molecule has 3 atom stereocenters. The van der Waals surface area contributed by atoms with Crippen LogP contribution in [0.2, 0.25) is 0 Å². The molecule has 20 heavy (non-hydrogen) atoms. The van der Waals surface area contributed by atoms with E-state index in [0.717, 1.165) is 13.1 Å². The Kier molecular flexibility index (Phi) is 3.46. The molecule has 2 unspecified atom stereocenters. The standard InChI is InChI=1S/C15H18F2N2O/c1-9-8-18-5-6-19(9)15(20)11-7-10(11)14-12(16)3-2-4-13(14)17/h2-4,9-11,18H,5-8H2,1H3/t9-,10?,11?/m1/s1. The molecule has 1 saturated carbocycles. The van der Waals surface area contributed by atoms with E-state index in [1.54, 1.807) is 0 Å². The molecule has 0 aromatic heterocycles. The zero-order valence-electron chi connectivity index (χ0n) is 11.4. The number of carbonyl (C=O) groups excluding carboxylic acids is 1. The Morgan fingerprint density at radius 1 is 1.35 bits per heavy atom. The van der Waals surface area contributed by atoms with Crippen LogP contribution >= 0.6 is 0 Å². The van der Waals surface area contributed by atoms with Crippen LogP contribution < -0.4 is 5.32 Å². The molecule has 0 spiro atoms. The van der Waals surface area contributed by atoms with Crippen LogP contribution in [-0.2, 0) is 4.79 Å². The lowest BCUT2D eigenvalue weighted by Crippen LogP contribution is -2.52. The highest BCUT2D eigenvalue weighted by Gasteiger charge is 2.48. The first-order valence-corrected chi connectivity index (χ1v) is 7.04. The quantitative estimate of drug-likeness (QED) is 0.897. The summed E-state index contributed by atoms with van der Waals surface area (Å²) in [5.74, 6) is -1.61. The molecular formula is C15H18F2N2O. The maximum atomic E-state index is 13.7. The van der Waals surface area contributed by atoms with E-state index >= 15 is 0 Å². The lowest BCUT2D eigenvalue weighted by Gasteiger charge is -2.34. The van der Waals surface area contributed by atoms with Crippen molar-refractivity contribution in [2.75, 3.05) is 19.6 Å². The Hall–Kier alpha value is -1.49. The third kappa shape index (κ3) is 2.30. The molecule has 2 aliphatic rings. The Balaban J connectivity index is 1.74. The molecular weight excluding hydrogens is 262 g/mol. The van der Waals surface area contributed by atoms with E-state index in [1.165, 1.54) is 18.2 Å². The first-order chi connectivity index (χ1) is 9.59. The normalized spacial score (nSPS) is 29.4. The molecule has 1 amide bonds. The van der Waals surface area contributed by atoms with Gasteiger partial charge >= 0.3 is 0 Å². The summed E-state index contributed by atoms with van der Waals surface area (Å²) >= 11 is 0. The number of nitrogens with zero attached hydrogens (tertiary/aromatic N) is 1. The monoisotopic (exact) mass is 280 g/mol. The van der Waals surface area contributed by atoms with Crippen molar-refractivity contribution in [1.82, 2.24) is 10.2 Å². The molecule has 1 aliphatic carbocycles. The van der Waals surface area contributed by atoms with Crippen molar-refractivity contribution in [3.05, 3.63) is 35.4 Å². The summed E-state index contributed by atoms with van der Waals surface area (Å²) in [5.41, 5.74) is 0.0774. The zero-order chi connectivity index (χ0) is 14.3. The van der Waals surface area contributed by atoms with Gasteiger partial charge in [-0.3, -0.25) is 4.79 Å². The SMILES string of the molecule is C[C@@H]1CNCCN1C(=O)C1CC1c1c(F)cccc1F. The molecule has 2 fully saturated rings. The molecule has 0 radical (unpaired) electrons. The molecule has 3 nitrogen and oxygen atoms in total. The summed E-state index contributed by atoms with van der Waals surface area (Å²) in [4.78, 5) is 14.3. The number of halogens is 2. The molecule has 5 heteroatoms. The largest absolute Gasteiger partial charge is 0.337 e. The van der Waals surface area contributed by atoms with E-state index in [9.17, 15) is 13.6 Å². The predicted molar refractivity (Wildman–Crippen MR) is 71.3 cm³/mol. The smallest absolute Gasteiger partial charge is 0.226 e. The predicted octanol–water partition coefficient (Wildman–Crippen LogP) is 1.89. The maximum absolute atomic E-state index is 13.7. The van der Waals surface area contributed by atoms with Crippen molar-refractivity contribution in [2.45, 2.75) is 25.3 Å². The van der Waals surface area contributed by atoms with E-state index < -0.39 is 11.6 Å². The van der Waals surface area contributed by atoms with Gasteiger partial charge in [0.25, 0.3) is 0 Å². The summed E-state index contributed by atoms with van der Waals surface area (Å²) in [6.07, 6.45) is 0.549. The first-order valence-electron chi connectivity index (χ1n) is 7.04. The second kappa shape index (κ2) is 5.13. The van der Waals surface area contributed by atoms with Crippen LogP contribution in [0.25, 0.3) is 0 Å². The van der Waals surface area contributed by atoms with Crippen molar-refractivity contribution in [2.24, 2.45) is 5.92 Å². The molecule has 1 heterocycles. The fraction of sp³-hybridized carbons (Fsp3) is 0.533. The van der Waals surface area contributed by atoms with Crippen molar-refractivity contribution >= 4 is 5.91 Å². The van der Waals surface area contributed by atoms with Crippen LogP contribution in [0.15, 0.2) is 18.2 Å². The number of piperazine rings is 1. The Morgan fingerprint density at radius 3 is 2.70 bits per heavy atom. The van der Waals surface area contributed by atoms with Crippen LogP contribution in [0.3, 0.4) is 0 Å². The Morgan fingerprint density at radius 2 is 2.05 bits per heavy atom. The highest BCUT2D eigenvalue weighted by molar-refractivity contribution is 5.83. The molecule has 1 aromatic rings. The fourth-order valence-electron chi connectivity index (χ4n) is 3.03. The summed E-state index contributed by atoms with van der Waals surface area (Å²) in [5, 5.41) is 3.23. The summed E-state index contributed by atoms with van der Waals surface area (Å²) in [7, 11) is 0. The summed E-state index contributed by atoms with van der Waals surface area (Å²) in [6, 6.07) is 4.01. The van der Waals surface area contributed by atoms with Gasteiger partial charge in [0, 0.05) is 43.1 Å². The summed E-state index contributed by atoms with van der Waals surface area (Å²) < 4.78 is 27.4. The van der Waals surface area contributed by atoms with E-state index in [2.05, 4.69) is 5.32 Å². The second-order valence-electron chi connectivity index (χ2n) is 5.67. The van der Waals surface area contributed by atoms with Crippen molar-refractivity contribution in [3.63, 3.8) is 0 Å². The molecule has 1 aliphatic heterocycles. The van der Waals surface area contributed by atoms with Gasteiger partial charge < -0.3 is 10.2 Å². The molecule has 3 rings (SSSR count). The van der Waals surface area contributed by atoms with E-state index in [-0.39, 0.29) is 29.3 Å². The molecule has 1 N–H and O–H groups in total. The third-order valence-electron chi connectivity index (χ3n) is 4.26. The van der Waals surface area contributed by atoms with Crippen LogP contribution in [-0.4, -0.2) is 36.5 Å². The highest BCUT2D eigenvalue weighted by Crippen LogP contribution is 2.50. The lowest BCUT2D eigenvalue weighted by molar-refractivity contribution is -0.135. The molecule has 108 valence electrons. The maximum Gasteiger partial charge on any atom is 0.226 e. The second-order valence-corrected chi connectivity index (χ2v) is 5.67. The van der Waals surface area contributed by atoms with Gasteiger partial charge in [0.1, 0.15) is 11.6 Å². The van der Waals surface area contributed by atoms with E-state index in [4.69, 9.17) is 0 Å². The van der Waals surface area contributed by atoms with Gasteiger partial charge in [-0.25, -0.2) is 8.78 Å². The van der Waals surface area contributed by atoms with Crippen molar-refractivity contribution < 1.29 is 13.6 Å². The number of rotatable bonds is 2. The average molecular weight is 280 g/mol. The van der Waals surface area contributed by atoms with Crippen LogP contribution in [0.5, 0.6) is 0 Å². The fourth-order valence-corrected chi connectivity index (χ4v) is 3.03. The Labute approximate surface area is 117 Å². The van der Waals surface area contributed by atoms with Crippen LogP contribution in [0.1, 0.15) is 24.8 Å². The average Bonchev–Trinajstić information content (AvgIpc) is 3.18. The minimum Gasteiger partial charge on any atom is -0.337 e. The van der Waals surface area contributed by atoms with E-state index in [1.807, 2.05) is 11.8 Å². The number of hydrogen-bond donors (Lipinski definition) is 1. The lowest BCUT2D eigenvalue weighted by atomic mass is 10.1. The molecule has 0 bridgehead atoms. The van der Waals surface area contributed by atoms with Crippen molar-refractivity contribution in [3.8, 4) is 0 Å². The number of amides is 1. The van der Waals surface area contributed by atoms with Gasteiger partial charge in [-0.05, 0) is 25.5 Å². The van der Waals surface area contributed by atoms with E-state index in [0.29, 0.717) is 13.0 Å². The minimum atomic E-state index is -0.543. The van der Waals surface area contributed by atoms with Gasteiger partial charge in [0.05, 0.1) is 0 Å². The molecule has 1 saturated heterocycles. The van der Waals surface area contributed by atoms with Gasteiger partial charge in [-0.1, -0.05) is 6.07 Å². The van der Waals surface area contributed by atoms with Crippen LogP contribution in [0.4, 0.5) is 8.78 Å². The van der Waals surface area contributed by atoms with Gasteiger partial charge in [-0.2, -0.15) is 0 Å². The topological polar surface area (TPSA) is 32.3 Å². The van der Waals surface area contributed by atoms with Gasteiger partial charge in [0.2, 0.25) is 5.91 Å². The zero-order valence-corrected chi connectivity index (χ0v) is 11.4. The van der Waals surface area contributed by atoms with Crippen LogP contribution in [0, 0.1) is 17.6 Å². The third-order valence-corrected chi connectivity index (χ3v) is 4.26. The van der Waals surface area contributed by atoms with Gasteiger partial charge in [0.15, 0.2) is 0 Å². The number of carbonyl (C=O) groups is 1. The Bertz CT molecular complexity index is 514. The van der Waals surface area contributed by atoms with Gasteiger partial charge in [-0.15, -0.1) is 0 Å². The number of hydrogen-bond acceptors (Lipinski definition) is 2. The first kappa shape index (κ1) is 13.5. The minimum absolute atomic E-state index is 0.0339. The molecule has 1 aromatic carbocycles. The number of nitrogens with one attached hydrogen (secondary N) is 1. The van der Waals surface area contributed by atoms with Crippen molar-refractivity contribution in [1.29, 1.82) is 0 Å².